The summed E-state index contributed by atoms with van der Waals surface area (Å²) in [7, 11) is 0. The van der Waals surface area contributed by atoms with Crippen molar-refractivity contribution in [3.8, 4) is 0 Å². The van der Waals surface area contributed by atoms with Crippen LogP contribution in [0, 0.1) is 0 Å². The van der Waals surface area contributed by atoms with E-state index in [4.69, 9.17) is 4.74 Å². The highest BCUT2D eigenvalue weighted by atomic mass is 16.5. The van der Waals surface area contributed by atoms with Crippen LogP contribution < -0.4 is 10.6 Å². The van der Waals surface area contributed by atoms with Crippen LogP contribution in [-0.2, 0) is 9.53 Å². The normalized spacial score (nSPS) is 10.1. The van der Waals surface area contributed by atoms with Crippen molar-refractivity contribution in [3.63, 3.8) is 0 Å². The van der Waals surface area contributed by atoms with Crippen LogP contribution in [-0.4, -0.2) is 24.4 Å². The van der Waals surface area contributed by atoms with Gasteiger partial charge in [0.25, 0.3) is 5.91 Å². The highest BCUT2D eigenvalue weighted by Gasteiger charge is 2.15. The van der Waals surface area contributed by atoms with Gasteiger partial charge in [0, 0.05) is 17.7 Å². The standard InChI is InChI=1S/C21H24N2O4/c1-3-5-10-19(24)22-16-13-11-15(12-14-16)20(25)23-18-9-7-6-8-17(18)21(26)27-4-2/h6-9,11-14H,3-5,10H2,1-2H3,(H,22,24)(H,23,25). The number of para-hydroxylation sites is 1. The van der Waals surface area contributed by atoms with Crippen LogP contribution in [0.2, 0.25) is 0 Å². The van der Waals surface area contributed by atoms with Gasteiger partial charge in [0.15, 0.2) is 0 Å². The van der Waals surface area contributed by atoms with E-state index in [2.05, 4.69) is 10.6 Å². The summed E-state index contributed by atoms with van der Waals surface area (Å²) in [6, 6.07) is 13.3. The van der Waals surface area contributed by atoms with E-state index >= 15 is 0 Å². The van der Waals surface area contributed by atoms with Crippen LogP contribution in [0.15, 0.2) is 48.5 Å². The number of rotatable bonds is 8. The van der Waals surface area contributed by atoms with Gasteiger partial charge in [-0.3, -0.25) is 9.59 Å². The number of carbonyl (C=O) groups is 3. The van der Waals surface area contributed by atoms with Crippen LogP contribution in [0.3, 0.4) is 0 Å². The van der Waals surface area contributed by atoms with E-state index in [1.807, 2.05) is 6.92 Å². The molecular formula is C21H24N2O4. The Labute approximate surface area is 158 Å². The average Bonchev–Trinajstić information content (AvgIpc) is 2.67. The molecule has 0 bridgehead atoms. The second-order valence-corrected chi connectivity index (χ2v) is 5.95. The van der Waals surface area contributed by atoms with Crippen LogP contribution in [0.5, 0.6) is 0 Å². The molecule has 0 radical (unpaired) electrons. The second-order valence-electron chi connectivity index (χ2n) is 5.95. The largest absolute Gasteiger partial charge is 0.462 e. The number of anilines is 2. The molecule has 142 valence electrons. The molecule has 2 amide bonds. The smallest absolute Gasteiger partial charge is 0.340 e. The lowest BCUT2D eigenvalue weighted by molar-refractivity contribution is -0.116. The molecule has 0 heterocycles. The van der Waals surface area contributed by atoms with Gasteiger partial charge < -0.3 is 15.4 Å². The van der Waals surface area contributed by atoms with Crippen LogP contribution in [0.4, 0.5) is 11.4 Å². The van der Waals surface area contributed by atoms with Gasteiger partial charge >= 0.3 is 5.97 Å². The molecule has 0 saturated heterocycles. The van der Waals surface area contributed by atoms with E-state index in [1.165, 1.54) is 0 Å². The zero-order valence-corrected chi connectivity index (χ0v) is 15.6. The predicted molar refractivity (Wildman–Crippen MR) is 105 cm³/mol. The zero-order valence-electron chi connectivity index (χ0n) is 15.6. The Hall–Kier alpha value is -3.15. The average molecular weight is 368 g/mol. The predicted octanol–water partition coefficient (Wildman–Crippen LogP) is 4.24. The molecule has 2 aromatic carbocycles. The maximum absolute atomic E-state index is 12.5. The minimum atomic E-state index is -0.487. The van der Waals surface area contributed by atoms with E-state index in [0.717, 1.165) is 12.8 Å². The van der Waals surface area contributed by atoms with Gasteiger partial charge in [0.1, 0.15) is 0 Å². The van der Waals surface area contributed by atoms with Crippen LogP contribution in [0.25, 0.3) is 0 Å². The Morgan fingerprint density at radius 3 is 2.30 bits per heavy atom. The quantitative estimate of drug-likeness (QED) is 0.683. The van der Waals surface area contributed by atoms with Gasteiger partial charge in [-0.2, -0.15) is 0 Å². The number of nitrogens with one attached hydrogen (secondary N) is 2. The number of esters is 1. The van der Waals surface area contributed by atoms with Gasteiger partial charge in [0.2, 0.25) is 5.91 Å². The molecule has 0 spiro atoms. The third-order valence-electron chi connectivity index (χ3n) is 3.86. The Bertz CT molecular complexity index is 800. The monoisotopic (exact) mass is 368 g/mol. The molecule has 6 nitrogen and oxygen atoms in total. The van der Waals surface area contributed by atoms with Gasteiger partial charge in [0.05, 0.1) is 17.9 Å². The molecular weight excluding hydrogens is 344 g/mol. The third-order valence-corrected chi connectivity index (χ3v) is 3.86. The SMILES string of the molecule is CCCCC(=O)Nc1ccc(C(=O)Nc2ccccc2C(=O)OCC)cc1. The number of carbonyl (C=O) groups excluding carboxylic acids is 3. The molecule has 0 aliphatic heterocycles. The zero-order chi connectivity index (χ0) is 19.6. The third kappa shape index (κ3) is 5.95. The number of benzene rings is 2. The van der Waals surface area contributed by atoms with Gasteiger partial charge in [-0.15, -0.1) is 0 Å². The summed E-state index contributed by atoms with van der Waals surface area (Å²) < 4.78 is 5.01. The number of hydrogen-bond donors (Lipinski definition) is 2. The molecule has 0 aliphatic carbocycles. The fourth-order valence-corrected chi connectivity index (χ4v) is 2.44. The number of ether oxygens (including phenoxy) is 1. The first-order valence-electron chi connectivity index (χ1n) is 9.02. The minimum Gasteiger partial charge on any atom is -0.462 e. The highest BCUT2D eigenvalue weighted by Crippen LogP contribution is 2.18. The van der Waals surface area contributed by atoms with Crippen molar-refractivity contribution in [2.24, 2.45) is 0 Å². The highest BCUT2D eigenvalue weighted by molar-refractivity contribution is 6.08. The van der Waals surface area contributed by atoms with Crippen LogP contribution in [0.1, 0.15) is 53.8 Å². The summed E-state index contributed by atoms with van der Waals surface area (Å²) in [5.74, 6) is -0.883. The maximum atomic E-state index is 12.5. The van der Waals surface area contributed by atoms with Crippen molar-refractivity contribution in [1.82, 2.24) is 0 Å². The summed E-state index contributed by atoms with van der Waals surface area (Å²) in [5, 5.41) is 5.53. The number of unbranched alkanes of at least 4 members (excludes halogenated alkanes) is 1. The van der Waals surface area contributed by atoms with Gasteiger partial charge in [-0.05, 0) is 49.7 Å². The minimum absolute atomic E-state index is 0.0441. The summed E-state index contributed by atoms with van der Waals surface area (Å²) >= 11 is 0. The maximum Gasteiger partial charge on any atom is 0.340 e. The van der Waals surface area contributed by atoms with Crippen molar-refractivity contribution in [2.45, 2.75) is 33.1 Å². The van der Waals surface area contributed by atoms with E-state index in [-0.39, 0.29) is 18.4 Å². The molecule has 0 saturated carbocycles. The number of amides is 2. The molecule has 27 heavy (non-hydrogen) atoms. The van der Waals surface area contributed by atoms with Crippen LogP contribution >= 0.6 is 0 Å². The Kier molecular flexibility index (Phi) is 7.55. The van der Waals surface area contributed by atoms with Crippen molar-refractivity contribution in [2.75, 3.05) is 17.2 Å². The first-order valence-corrected chi connectivity index (χ1v) is 9.02. The van der Waals surface area contributed by atoms with Gasteiger partial charge in [-0.25, -0.2) is 4.79 Å². The molecule has 0 unspecified atom stereocenters. The van der Waals surface area contributed by atoms with E-state index in [1.54, 1.807) is 55.5 Å². The lowest BCUT2D eigenvalue weighted by atomic mass is 10.1. The molecule has 0 aliphatic rings. The summed E-state index contributed by atoms with van der Waals surface area (Å²) in [6.07, 6.45) is 2.27. The van der Waals surface area contributed by atoms with Crippen molar-refractivity contribution in [1.29, 1.82) is 0 Å². The van der Waals surface area contributed by atoms with Crippen molar-refractivity contribution in [3.05, 3.63) is 59.7 Å². The summed E-state index contributed by atoms with van der Waals surface area (Å²) in [4.78, 5) is 36.2. The Morgan fingerprint density at radius 1 is 0.926 bits per heavy atom. The summed E-state index contributed by atoms with van der Waals surface area (Å²) in [6.45, 7) is 4.01. The number of hydrogen-bond acceptors (Lipinski definition) is 4. The molecule has 6 heteroatoms. The van der Waals surface area contributed by atoms with E-state index in [9.17, 15) is 14.4 Å². The van der Waals surface area contributed by atoms with Crippen molar-refractivity contribution >= 4 is 29.2 Å². The fourth-order valence-electron chi connectivity index (χ4n) is 2.44. The summed E-state index contributed by atoms with van der Waals surface area (Å²) in [5.41, 5.74) is 1.74. The second kappa shape index (κ2) is 10.1. The van der Waals surface area contributed by atoms with E-state index < -0.39 is 5.97 Å². The molecule has 2 rings (SSSR count). The van der Waals surface area contributed by atoms with Gasteiger partial charge in [-0.1, -0.05) is 25.5 Å². The molecule has 0 aromatic heterocycles. The Morgan fingerprint density at radius 2 is 1.63 bits per heavy atom. The Balaban J connectivity index is 2.05. The molecule has 0 atom stereocenters. The lowest BCUT2D eigenvalue weighted by Gasteiger charge is -2.11. The molecule has 2 N–H and O–H groups in total. The first-order chi connectivity index (χ1) is 13.0. The van der Waals surface area contributed by atoms with E-state index in [0.29, 0.717) is 28.9 Å². The lowest BCUT2D eigenvalue weighted by Crippen LogP contribution is -2.16. The first kappa shape index (κ1) is 20.2. The molecule has 0 fully saturated rings. The van der Waals surface area contributed by atoms with Crippen molar-refractivity contribution < 1.29 is 19.1 Å². The fraction of sp³-hybridized carbons (Fsp3) is 0.286. The molecule has 2 aromatic rings. The topological polar surface area (TPSA) is 84.5 Å².